The second-order valence-electron chi connectivity index (χ2n) is 8.66. The summed E-state index contributed by atoms with van der Waals surface area (Å²) in [5.74, 6) is -0.573. The Morgan fingerprint density at radius 3 is 2.59 bits per heavy atom. The van der Waals surface area contributed by atoms with Gasteiger partial charge >= 0.3 is 0 Å². The Balaban J connectivity index is 1.61. The Labute approximate surface area is 190 Å². The lowest BCUT2D eigenvalue weighted by Crippen LogP contribution is -2.38. The molecule has 2 aromatic heterocycles. The third-order valence-corrected chi connectivity index (χ3v) is 6.25. The molecular weight excluding hydrogens is 438 g/mol. The molecule has 0 bridgehead atoms. The van der Waals surface area contributed by atoms with E-state index in [1.165, 1.54) is 18.2 Å². The predicted molar refractivity (Wildman–Crippen MR) is 117 cm³/mol. The zero-order valence-electron chi connectivity index (χ0n) is 18.4. The Morgan fingerprint density at radius 2 is 1.94 bits per heavy atom. The Kier molecular flexibility index (Phi) is 6.18. The number of rotatable bonds is 6. The van der Waals surface area contributed by atoms with Gasteiger partial charge in [0, 0.05) is 29.2 Å². The van der Waals surface area contributed by atoms with Crippen molar-refractivity contribution in [2.45, 2.75) is 51.2 Å². The first-order valence-corrected chi connectivity index (χ1v) is 10.9. The minimum absolute atomic E-state index is 0.0884. The fraction of sp³-hybridized carbons (Fsp3) is 0.435. The van der Waals surface area contributed by atoms with Crippen molar-refractivity contribution >= 4 is 11.6 Å². The van der Waals surface area contributed by atoms with Gasteiger partial charge in [0.15, 0.2) is 0 Å². The van der Waals surface area contributed by atoms with Gasteiger partial charge in [-0.1, -0.05) is 22.8 Å². The Hall–Kier alpha value is -2.58. The highest BCUT2D eigenvalue weighted by Crippen LogP contribution is 2.36. The fourth-order valence-electron chi connectivity index (χ4n) is 4.26. The summed E-state index contributed by atoms with van der Waals surface area (Å²) in [6.07, 6.45) is 2.09. The summed E-state index contributed by atoms with van der Waals surface area (Å²) >= 11 is 6.20. The molecule has 0 amide bonds. The van der Waals surface area contributed by atoms with Crippen molar-refractivity contribution in [3.05, 3.63) is 58.4 Å². The van der Waals surface area contributed by atoms with Crippen molar-refractivity contribution in [1.29, 1.82) is 0 Å². The van der Waals surface area contributed by atoms with E-state index in [-0.39, 0.29) is 28.4 Å². The summed E-state index contributed by atoms with van der Waals surface area (Å²) < 4.78 is 40.2. The van der Waals surface area contributed by atoms with Gasteiger partial charge in [0.2, 0.25) is 17.5 Å². The average Bonchev–Trinajstić information content (AvgIpc) is 3.37. The largest absolute Gasteiger partial charge is 0.473 e. The van der Waals surface area contributed by atoms with Crippen molar-refractivity contribution in [2.24, 2.45) is 0 Å². The average molecular weight is 463 g/mol. The van der Waals surface area contributed by atoms with Crippen LogP contribution in [0.15, 0.2) is 34.9 Å². The molecule has 2 atom stereocenters. The van der Waals surface area contributed by atoms with Crippen LogP contribution >= 0.6 is 11.6 Å². The van der Waals surface area contributed by atoms with Gasteiger partial charge in [-0.2, -0.15) is 4.98 Å². The molecule has 0 aliphatic carbocycles. The smallest absolute Gasteiger partial charge is 0.218 e. The molecule has 0 saturated carbocycles. The summed E-state index contributed by atoms with van der Waals surface area (Å²) in [7, 11) is 2.08. The second-order valence-corrected chi connectivity index (χ2v) is 9.05. The lowest BCUT2D eigenvalue weighted by Gasteiger charge is -2.26. The standard InChI is InChI=1S/C23H25ClF2N4O2/c1-13(16-9-6-10-30(16)4)31-20-12-19(24)27-22(28-20)17-11-18(29-32-17)23(2,3)21-14(25)7-5-8-15(21)26/h5,7-8,11-13,16H,6,9-10H2,1-4H3/t13?,16-/m0/s1. The Bertz CT molecular complexity index is 1100. The van der Waals surface area contributed by atoms with E-state index in [2.05, 4.69) is 27.1 Å². The zero-order chi connectivity index (χ0) is 23.0. The van der Waals surface area contributed by atoms with E-state index in [0.29, 0.717) is 17.6 Å². The van der Waals surface area contributed by atoms with Crippen LogP contribution in [0.25, 0.3) is 11.6 Å². The van der Waals surface area contributed by atoms with Gasteiger partial charge in [-0.05, 0) is 59.3 Å². The van der Waals surface area contributed by atoms with E-state index in [1.54, 1.807) is 26.0 Å². The summed E-state index contributed by atoms with van der Waals surface area (Å²) in [6, 6.07) is 7.16. The van der Waals surface area contributed by atoms with E-state index < -0.39 is 17.0 Å². The number of benzene rings is 1. The number of ether oxygens (including phenoxy) is 1. The molecule has 9 heteroatoms. The summed E-state index contributed by atoms with van der Waals surface area (Å²) in [5.41, 5.74) is -0.842. The minimum Gasteiger partial charge on any atom is -0.473 e. The van der Waals surface area contributed by atoms with Crippen molar-refractivity contribution in [3.8, 4) is 17.5 Å². The van der Waals surface area contributed by atoms with Crippen molar-refractivity contribution in [2.75, 3.05) is 13.6 Å². The summed E-state index contributed by atoms with van der Waals surface area (Å²) in [6.45, 7) is 6.38. The first kappa shape index (κ1) is 22.6. The lowest BCUT2D eigenvalue weighted by molar-refractivity contribution is 0.117. The third-order valence-electron chi connectivity index (χ3n) is 6.06. The van der Waals surface area contributed by atoms with Gasteiger partial charge in [-0.25, -0.2) is 13.8 Å². The van der Waals surface area contributed by atoms with Crippen LogP contribution in [0.2, 0.25) is 5.15 Å². The van der Waals surface area contributed by atoms with Gasteiger partial charge in [-0.15, -0.1) is 0 Å². The van der Waals surface area contributed by atoms with Crippen LogP contribution in [0.5, 0.6) is 5.88 Å². The molecular formula is C23H25ClF2N4O2. The molecule has 1 fully saturated rings. The van der Waals surface area contributed by atoms with Crippen molar-refractivity contribution in [3.63, 3.8) is 0 Å². The van der Waals surface area contributed by atoms with Gasteiger partial charge in [0.1, 0.15) is 22.9 Å². The maximum Gasteiger partial charge on any atom is 0.218 e. The molecule has 1 aliphatic heterocycles. The topological polar surface area (TPSA) is 64.3 Å². The van der Waals surface area contributed by atoms with Crippen LogP contribution in [0.4, 0.5) is 8.78 Å². The molecule has 1 aliphatic rings. The first-order valence-electron chi connectivity index (χ1n) is 10.5. The Morgan fingerprint density at radius 1 is 1.22 bits per heavy atom. The van der Waals surface area contributed by atoms with Crippen LogP contribution in [0.1, 0.15) is 44.9 Å². The number of aromatic nitrogens is 3. The molecule has 0 N–H and O–H groups in total. The molecule has 32 heavy (non-hydrogen) atoms. The SMILES string of the molecule is CC(Oc1cc(Cl)nc(-c2cc(C(C)(C)c3c(F)cccc3F)no2)n1)[C@@H]1CCCN1C. The minimum atomic E-state index is -1.09. The monoisotopic (exact) mass is 462 g/mol. The van der Waals surface area contributed by atoms with Crippen LogP contribution < -0.4 is 4.74 Å². The van der Waals surface area contributed by atoms with E-state index >= 15 is 0 Å². The molecule has 3 aromatic rings. The number of hydrogen-bond donors (Lipinski definition) is 0. The quantitative estimate of drug-likeness (QED) is 0.466. The van der Waals surface area contributed by atoms with Crippen molar-refractivity contribution in [1.82, 2.24) is 20.0 Å². The number of halogens is 3. The zero-order valence-corrected chi connectivity index (χ0v) is 19.2. The molecule has 3 heterocycles. The van der Waals surface area contributed by atoms with Crippen LogP contribution in [-0.2, 0) is 5.41 Å². The highest BCUT2D eigenvalue weighted by Gasteiger charge is 2.33. The molecule has 1 aromatic carbocycles. The first-order chi connectivity index (χ1) is 15.2. The number of nitrogens with zero attached hydrogens (tertiary/aromatic N) is 4. The highest BCUT2D eigenvalue weighted by atomic mass is 35.5. The molecule has 170 valence electrons. The maximum absolute atomic E-state index is 14.4. The number of likely N-dealkylation sites (N-methyl/N-ethyl adjacent to an activating group) is 1. The second kappa shape index (κ2) is 8.75. The molecule has 6 nitrogen and oxygen atoms in total. The van der Waals surface area contributed by atoms with Crippen LogP contribution in [0, 0.1) is 11.6 Å². The van der Waals surface area contributed by atoms with Gasteiger partial charge in [0.05, 0.1) is 5.69 Å². The predicted octanol–water partition coefficient (Wildman–Crippen LogP) is 5.25. The highest BCUT2D eigenvalue weighted by molar-refractivity contribution is 6.29. The number of hydrogen-bond acceptors (Lipinski definition) is 6. The fourth-order valence-corrected chi connectivity index (χ4v) is 4.44. The van der Waals surface area contributed by atoms with Crippen molar-refractivity contribution < 1.29 is 18.0 Å². The van der Waals surface area contributed by atoms with E-state index in [1.807, 2.05) is 6.92 Å². The molecule has 0 radical (unpaired) electrons. The van der Waals surface area contributed by atoms with Gasteiger partial charge in [0.25, 0.3) is 0 Å². The van der Waals surface area contributed by atoms with Crippen LogP contribution in [-0.4, -0.2) is 45.8 Å². The molecule has 1 saturated heterocycles. The third kappa shape index (κ3) is 4.34. The van der Waals surface area contributed by atoms with Crippen LogP contribution in [0.3, 0.4) is 0 Å². The summed E-state index contributed by atoms with van der Waals surface area (Å²) in [4.78, 5) is 10.9. The number of likely N-dealkylation sites (tertiary alicyclic amines) is 1. The van der Waals surface area contributed by atoms with E-state index in [4.69, 9.17) is 20.9 Å². The van der Waals surface area contributed by atoms with E-state index in [9.17, 15) is 8.78 Å². The van der Waals surface area contributed by atoms with E-state index in [0.717, 1.165) is 19.4 Å². The molecule has 1 unspecified atom stereocenters. The summed E-state index contributed by atoms with van der Waals surface area (Å²) in [5, 5.41) is 4.23. The van der Waals surface area contributed by atoms with Gasteiger partial charge < -0.3 is 9.26 Å². The normalized spacial score (nSPS) is 18.2. The van der Waals surface area contributed by atoms with Gasteiger partial charge in [-0.3, -0.25) is 4.90 Å². The molecule has 4 rings (SSSR count). The lowest BCUT2D eigenvalue weighted by atomic mass is 9.80. The molecule has 0 spiro atoms. The maximum atomic E-state index is 14.4.